The quantitative estimate of drug-likeness (QED) is 0.873. The Morgan fingerprint density at radius 2 is 1.95 bits per heavy atom. The van der Waals surface area contributed by atoms with E-state index in [1.807, 2.05) is 23.5 Å². The molecule has 2 aromatic rings. The third-order valence-corrected chi connectivity index (χ3v) is 5.04. The van der Waals surface area contributed by atoms with Crippen molar-refractivity contribution in [2.24, 2.45) is 0 Å². The Morgan fingerprint density at radius 3 is 2.67 bits per heavy atom. The van der Waals surface area contributed by atoms with Gasteiger partial charge in [-0.05, 0) is 43.4 Å². The van der Waals surface area contributed by atoms with Crippen molar-refractivity contribution in [1.29, 1.82) is 0 Å². The van der Waals surface area contributed by atoms with Gasteiger partial charge in [0.1, 0.15) is 5.82 Å². The summed E-state index contributed by atoms with van der Waals surface area (Å²) in [5.74, 6) is -0.126. The van der Waals surface area contributed by atoms with Crippen LogP contribution in [0.4, 0.5) is 4.39 Å². The summed E-state index contributed by atoms with van der Waals surface area (Å²) in [7, 11) is 0. The highest BCUT2D eigenvalue weighted by Crippen LogP contribution is 2.27. The number of hydrogen-bond acceptors (Lipinski definition) is 3. The second kappa shape index (κ2) is 7.16. The van der Waals surface area contributed by atoms with Gasteiger partial charge in [-0.15, -0.1) is 11.3 Å². The Balaban J connectivity index is 1.61. The zero-order chi connectivity index (χ0) is 14.5. The van der Waals surface area contributed by atoms with Crippen LogP contribution in [0, 0.1) is 5.82 Å². The largest absolute Gasteiger partial charge is 0.311 e. The Kier molecular flexibility index (Phi) is 5.01. The molecule has 21 heavy (non-hydrogen) atoms. The summed E-state index contributed by atoms with van der Waals surface area (Å²) in [6, 6.07) is 11.7. The number of thiophene rings is 1. The summed E-state index contributed by atoms with van der Waals surface area (Å²) in [6.45, 7) is 3.80. The number of hydrogen-bond donors (Lipinski definition) is 1. The Hall–Kier alpha value is -1.23. The lowest BCUT2D eigenvalue weighted by atomic mass is 10.2. The van der Waals surface area contributed by atoms with Crippen LogP contribution in [-0.2, 0) is 6.54 Å². The molecule has 1 aliphatic heterocycles. The number of rotatable bonds is 6. The van der Waals surface area contributed by atoms with E-state index >= 15 is 0 Å². The van der Waals surface area contributed by atoms with Gasteiger partial charge in [0, 0.05) is 23.5 Å². The van der Waals surface area contributed by atoms with Crippen LogP contribution in [0.3, 0.4) is 0 Å². The van der Waals surface area contributed by atoms with E-state index in [0.29, 0.717) is 12.6 Å². The van der Waals surface area contributed by atoms with Gasteiger partial charge < -0.3 is 5.32 Å². The molecule has 0 aliphatic carbocycles. The Labute approximate surface area is 129 Å². The van der Waals surface area contributed by atoms with Gasteiger partial charge in [0.15, 0.2) is 0 Å². The topological polar surface area (TPSA) is 15.3 Å². The van der Waals surface area contributed by atoms with Crippen LogP contribution in [0.15, 0.2) is 41.8 Å². The van der Waals surface area contributed by atoms with Crippen molar-refractivity contribution < 1.29 is 4.39 Å². The van der Waals surface area contributed by atoms with Gasteiger partial charge in [0.25, 0.3) is 0 Å². The molecular formula is C17H21FN2S. The minimum atomic E-state index is -0.126. The maximum Gasteiger partial charge on any atom is 0.127 e. The maximum atomic E-state index is 13.6. The number of nitrogens with one attached hydrogen (secondary N) is 1. The van der Waals surface area contributed by atoms with Crippen LogP contribution in [-0.4, -0.2) is 24.5 Å². The monoisotopic (exact) mass is 304 g/mol. The van der Waals surface area contributed by atoms with E-state index in [1.54, 1.807) is 6.07 Å². The molecule has 2 heterocycles. The van der Waals surface area contributed by atoms with E-state index < -0.39 is 0 Å². The fourth-order valence-corrected chi connectivity index (χ4v) is 3.79. The summed E-state index contributed by atoms with van der Waals surface area (Å²) in [5.41, 5.74) is 0.740. The lowest BCUT2D eigenvalue weighted by Gasteiger charge is -2.27. The van der Waals surface area contributed by atoms with E-state index in [0.717, 1.165) is 12.1 Å². The Morgan fingerprint density at radius 1 is 1.14 bits per heavy atom. The van der Waals surface area contributed by atoms with E-state index in [4.69, 9.17) is 0 Å². The van der Waals surface area contributed by atoms with Crippen LogP contribution < -0.4 is 5.32 Å². The lowest BCUT2D eigenvalue weighted by Crippen LogP contribution is -2.33. The highest BCUT2D eigenvalue weighted by molar-refractivity contribution is 7.10. The average molecular weight is 304 g/mol. The SMILES string of the molecule is Fc1ccccc1CNCC(c1cccs1)N1CCCC1. The summed E-state index contributed by atoms with van der Waals surface area (Å²) < 4.78 is 13.6. The molecule has 1 fully saturated rings. The zero-order valence-electron chi connectivity index (χ0n) is 12.1. The normalized spacial score (nSPS) is 17.2. The third-order valence-electron chi connectivity index (χ3n) is 4.06. The average Bonchev–Trinajstić information content (AvgIpc) is 3.19. The van der Waals surface area contributed by atoms with E-state index in [2.05, 4.69) is 27.7 Å². The molecule has 0 amide bonds. The van der Waals surface area contributed by atoms with Crippen LogP contribution >= 0.6 is 11.3 Å². The molecule has 3 rings (SSSR count). The van der Waals surface area contributed by atoms with Crippen molar-refractivity contribution in [2.75, 3.05) is 19.6 Å². The predicted octanol–water partition coefficient (Wildman–Crippen LogP) is 3.81. The summed E-state index contributed by atoms with van der Waals surface area (Å²) in [5, 5.41) is 5.57. The lowest BCUT2D eigenvalue weighted by molar-refractivity contribution is 0.241. The molecule has 1 aliphatic rings. The Bertz CT molecular complexity index is 550. The first-order chi connectivity index (χ1) is 10.3. The van der Waals surface area contributed by atoms with Gasteiger partial charge in [-0.3, -0.25) is 4.90 Å². The first-order valence-electron chi connectivity index (χ1n) is 7.56. The summed E-state index contributed by atoms with van der Waals surface area (Å²) in [4.78, 5) is 3.94. The molecule has 0 bridgehead atoms. The molecule has 4 heteroatoms. The van der Waals surface area contributed by atoms with Crippen molar-refractivity contribution in [3.05, 3.63) is 58.0 Å². The van der Waals surface area contributed by atoms with Crippen molar-refractivity contribution in [2.45, 2.75) is 25.4 Å². The molecule has 0 saturated carbocycles. The van der Waals surface area contributed by atoms with Gasteiger partial charge in [-0.2, -0.15) is 0 Å². The standard InChI is InChI=1S/C17H21FN2S/c18-15-7-2-1-6-14(15)12-19-13-16(17-8-5-11-21-17)20-9-3-4-10-20/h1-2,5-8,11,16,19H,3-4,9-10,12-13H2. The number of benzene rings is 1. The second-order valence-corrected chi connectivity index (χ2v) is 6.48. The van der Waals surface area contributed by atoms with Crippen LogP contribution in [0.25, 0.3) is 0 Å². The van der Waals surface area contributed by atoms with E-state index in [-0.39, 0.29) is 5.82 Å². The van der Waals surface area contributed by atoms with Gasteiger partial charge in [0.2, 0.25) is 0 Å². The molecule has 1 unspecified atom stereocenters. The van der Waals surface area contributed by atoms with E-state index in [9.17, 15) is 4.39 Å². The fourth-order valence-electron chi connectivity index (χ4n) is 2.93. The van der Waals surface area contributed by atoms with Gasteiger partial charge in [-0.1, -0.05) is 24.3 Å². The van der Waals surface area contributed by atoms with Crippen molar-refractivity contribution in [3.8, 4) is 0 Å². The smallest absolute Gasteiger partial charge is 0.127 e. The molecule has 1 atom stereocenters. The predicted molar refractivity (Wildman–Crippen MR) is 86.0 cm³/mol. The minimum Gasteiger partial charge on any atom is -0.311 e. The van der Waals surface area contributed by atoms with Gasteiger partial charge >= 0.3 is 0 Å². The number of halogens is 1. The molecule has 1 aromatic carbocycles. The first-order valence-corrected chi connectivity index (χ1v) is 8.44. The van der Waals surface area contributed by atoms with E-state index in [1.165, 1.54) is 36.9 Å². The van der Waals surface area contributed by atoms with Crippen molar-refractivity contribution in [3.63, 3.8) is 0 Å². The van der Waals surface area contributed by atoms with Crippen LogP contribution in [0.1, 0.15) is 29.3 Å². The molecule has 2 nitrogen and oxygen atoms in total. The minimum absolute atomic E-state index is 0.126. The second-order valence-electron chi connectivity index (χ2n) is 5.50. The fraction of sp³-hybridized carbons (Fsp3) is 0.412. The highest BCUT2D eigenvalue weighted by Gasteiger charge is 2.23. The van der Waals surface area contributed by atoms with Gasteiger partial charge in [0.05, 0.1) is 6.04 Å². The molecule has 0 spiro atoms. The zero-order valence-corrected chi connectivity index (χ0v) is 12.9. The maximum absolute atomic E-state index is 13.6. The van der Waals surface area contributed by atoms with Crippen LogP contribution in [0.5, 0.6) is 0 Å². The highest BCUT2D eigenvalue weighted by atomic mass is 32.1. The molecular weight excluding hydrogens is 283 g/mol. The number of likely N-dealkylation sites (tertiary alicyclic amines) is 1. The molecule has 1 N–H and O–H groups in total. The molecule has 1 aromatic heterocycles. The first kappa shape index (κ1) is 14.7. The number of nitrogens with zero attached hydrogens (tertiary/aromatic N) is 1. The third kappa shape index (κ3) is 3.70. The molecule has 112 valence electrons. The summed E-state index contributed by atoms with van der Waals surface area (Å²) >= 11 is 1.81. The van der Waals surface area contributed by atoms with Crippen LogP contribution in [0.2, 0.25) is 0 Å². The molecule has 1 saturated heterocycles. The van der Waals surface area contributed by atoms with Gasteiger partial charge in [-0.25, -0.2) is 4.39 Å². The van der Waals surface area contributed by atoms with Crippen molar-refractivity contribution in [1.82, 2.24) is 10.2 Å². The summed E-state index contributed by atoms with van der Waals surface area (Å²) in [6.07, 6.45) is 2.57. The van der Waals surface area contributed by atoms with Crippen molar-refractivity contribution >= 4 is 11.3 Å². The molecule has 0 radical (unpaired) electrons.